The molecule has 0 aliphatic heterocycles. The number of methoxy groups -OCH3 is 1. The topological polar surface area (TPSA) is 86.2 Å². The molecular formula is C8H14N4O2. The van der Waals surface area contributed by atoms with Gasteiger partial charge >= 0.3 is 12.0 Å². The van der Waals surface area contributed by atoms with Crippen LogP contribution < -0.4 is 11.1 Å². The van der Waals surface area contributed by atoms with Gasteiger partial charge in [0.1, 0.15) is 0 Å². The molecule has 0 spiro atoms. The van der Waals surface area contributed by atoms with E-state index in [1.807, 2.05) is 0 Å². The molecule has 0 saturated heterocycles. The van der Waals surface area contributed by atoms with Crippen molar-refractivity contribution < 1.29 is 9.15 Å². The van der Waals surface area contributed by atoms with Crippen molar-refractivity contribution in [3.8, 4) is 0 Å². The molecule has 78 valence electrons. The largest absolute Gasteiger partial charge is 0.390 e. The molecule has 1 heterocycles. The molecule has 6 heteroatoms. The van der Waals surface area contributed by atoms with Crippen LogP contribution in [-0.4, -0.2) is 29.5 Å². The summed E-state index contributed by atoms with van der Waals surface area (Å²) in [5, 5.41) is 10.4. The summed E-state index contributed by atoms with van der Waals surface area (Å²) in [6, 6.07) is 0.704. The molecule has 6 nitrogen and oxygen atoms in total. The molecule has 1 fully saturated rings. The van der Waals surface area contributed by atoms with Gasteiger partial charge in [0.05, 0.1) is 12.1 Å². The number of hydrogen-bond donors (Lipinski definition) is 2. The average Bonchev–Trinajstić information content (AvgIpc) is 2.76. The Morgan fingerprint density at radius 1 is 1.50 bits per heavy atom. The highest BCUT2D eigenvalue weighted by molar-refractivity contribution is 5.25. The first-order valence-electron chi connectivity index (χ1n) is 4.68. The van der Waals surface area contributed by atoms with Gasteiger partial charge in [-0.25, -0.2) is 0 Å². The van der Waals surface area contributed by atoms with Crippen molar-refractivity contribution in [3.63, 3.8) is 0 Å². The lowest BCUT2D eigenvalue weighted by Crippen LogP contribution is -2.29. The van der Waals surface area contributed by atoms with Gasteiger partial charge in [0.2, 0.25) is 0 Å². The summed E-state index contributed by atoms with van der Waals surface area (Å²) in [7, 11) is 1.72. The van der Waals surface area contributed by atoms with E-state index in [1.165, 1.54) is 0 Å². The minimum absolute atomic E-state index is 0.0828. The molecule has 1 aliphatic rings. The number of ether oxygens (including phenoxy) is 1. The molecule has 0 aromatic carbocycles. The molecule has 1 saturated carbocycles. The van der Waals surface area contributed by atoms with E-state index in [9.17, 15) is 0 Å². The molecule has 1 aromatic heterocycles. The first-order valence-corrected chi connectivity index (χ1v) is 4.68. The van der Waals surface area contributed by atoms with Gasteiger partial charge in [-0.05, 0) is 19.3 Å². The van der Waals surface area contributed by atoms with Crippen molar-refractivity contribution in [1.82, 2.24) is 10.2 Å². The normalized spacial score (nSPS) is 26.6. The van der Waals surface area contributed by atoms with Crippen molar-refractivity contribution in [2.24, 2.45) is 0 Å². The summed E-state index contributed by atoms with van der Waals surface area (Å²) >= 11 is 0. The first kappa shape index (κ1) is 9.26. The zero-order valence-corrected chi connectivity index (χ0v) is 8.06. The fourth-order valence-corrected chi connectivity index (χ4v) is 1.82. The highest BCUT2D eigenvalue weighted by atomic mass is 16.5. The van der Waals surface area contributed by atoms with Crippen LogP contribution in [0.25, 0.3) is 0 Å². The quantitative estimate of drug-likeness (QED) is 0.740. The van der Waals surface area contributed by atoms with Gasteiger partial charge in [-0.1, -0.05) is 10.2 Å². The molecule has 2 atom stereocenters. The van der Waals surface area contributed by atoms with Crippen LogP contribution >= 0.6 is 0 Å². The molecule has 0 bridgehead atoms. The van der Waals surface area contributed by atoms with Gasteiger partial charge in [0.15, 0.2) is 0 Å². The van der Waals surface area contributed by atoms with Gasteiger partial charge in [-0.3, -0.25) is 0 Å². The lowest BCUT2D eigenvalue weighted by atomic mass is 10.2. The zero-order valence-electron chi connectivity index (χ0n) is 8.06. The average molecular weight is 198 g/mol. The smallest absolute Gasteiger partial charge is 0.317 e. The van der Waals surface area contributed by atoms with Crippen LogP contribution in [0.4, 0.5) is 12.0 Å². The highest BCUT2D eigenvalue weighted by Gasteiger charge is 2.28. The summed E-state index contributed by atoms with van der Waals surface area (Å²) in [6.07, 6.45) is 3.50. The van der Waals surface area contributed by atoms with E-state index in [-0.39, 0.29) is 18.2 Å². The second kappa shape index (κ2) is 3.83. The lowest BCUT2D eigenvalue weighted by molar-refractivity contribution is 0.100. The third-order valence-electron chi connectivity index (χ3n) is 2.50. The third-order valence-corrected chi connectivity index (χ3v) is 2.50. The van der Waals surface area contributed by atoms with Crippen molar-refractivity contribution in [3.05, 3.63) is 0 Å². The Morgan fingerprint density at radius 3 is 3.00 bits per heavy atom. The Balaban J connectivity index is 1.96. The predicted molar refractivity (Wildman–Crippen MR) is 50.8 cm³/mol. The minimum atomic E-state index is 0.0828. The standard InChI is InChI=1S/C8H14N4O2/c1-13-6-4-2-3-5(6)10-8-12-11-7(9)14-8/h5-6H,2-4H2,1H3,(H2,9,11)(H,10,12). The highest BCUT2D eigenvalue weighted by Crippen LogP contribution is 2.24. The van der Waals surface area contributed by atoms with Gasteiger partial charge in [0.25, 0.3) is 0 Å². The van der Waals surface area contributed by atoms with Crippen LogP contribution in [0.5, 0.6) is 0 Å². The second-order valence-electron chi connectivity index (χ2n) is 3.40. The Kier molecular flexibility index (Phi) is 2.53. The molecule has 14 heavy (non-hydrogen) atoms. The van der Waals surface area contributed by atoms with Crippen LogP contribution in [0.2, 0.25) is 0 Å². The van der Waals surface area contributed by atoms with Crippen molar-refractivity contribution in [2.75, 3.05) is 18.2 Å². The number of anilines is 2. The Labute approximate surface area is 81.8 Å². The maximum atomic E-state index is 5.32. The van der Waals surface area contributed by atoms with Crippen molar-refractivity contribution >= 4 is 12.0 Å². The first-order chi connectivity index (χ1) is 6.79. The maximum Gasteiger partial charge on any atom is 0.317 e. The monoisotopic (exact) mass is 198 g/mol. The van der Waals surface area contributed by atoms with Crippen molar-refractivity contribution in [1.29, 1.82) is 0 Å². The van der Waals surface area contributed by atoms with Gasteiger partial charge < -0.3 is 20.2 Å². The predicted octanol–water partition coefficient (Wildman–Crippen LogP) is 0.631. The van der Waals surface area contributed by atoms with Gasteiger partial charge in [-0.15, -0.1) is 0 Å². The van der Waals surface area contributed by atoms with Gasteiger partial charge in [-0.2, -0.15) is 0 Å². The molecule has 0 amide bonds. The molecule has 1 aliphatic carbocycles. The number of nitrogens with zero attached hydrogens (tertiary/aromatic N) is 2. The summed E-state index contributed by atoms with van der Waals surface area (Å²) in [5.74, 6) is 0. The van der Waals surface area contributed by atoms with Crippen LogP contribution in [0, 0.1) is 0 Å². The number of nitrogens with two attached hydrogens (primary N) is 1. The van der Waals surface area contributed by atoms with E-state index in [1.54, 1.807) is 7.11 Å². The van der Waals surface area contributed by atoms with E-state index in [2.05, 4.69) is 15.5 Å². The molecule has 3 N–H and O–H groups in total. The van der Waals surface area contributed by atoms with E-state index in [0.29, 0.717) is 6.01 Å². The lowest BCUT2D eigenvalue weighted by Gasteiger charge is -2.17. The molecular weight excluding hydrogens is 184 g/mol. The number of nitrogen functional groups attached to an aromatic ring is 1. The summed E-state index contributed by atoms with van der Waals surface area (Å²) in [5.41, 5.74) is 5.31. The van der Waals surface area contributed by atoms with E-state index in [4.69, 9.17) is 14.9 Å². The fraction of sp³-hybridized carbons (Fsp3) is 0.750. The number of nitrogens with one attached hydrogen (secondary N) is 1. The van der Waals surface area contributed by atoms with E-state index < -0.39 is 0 Å². The van der Waals surface area contributed by atoms with Crippen LogP contribution in [0.1, 0.15) is 19.3 Å². The second-order valence-corrected chi connectivity index (χ2v) is 3.40. The molecule has 1 aromatic rings. The number of rotatable bonds is 3. The third kappa shape index (κ3) is 1.79. The molecule has 2 rings (SSSR count). The maximum absolute atomic E-state index is 5.32. The van der Waals surface area contributed by atoms with Crippen LogP contribution in [-0.2, 0) is 4.74 Å². The van der Waals surface area contributed by atoms with Gasteiger partial charge in [0, 0.05) is 7.11 Å². The summed E-state index contributed by atoms with van der Waals surface area (Å²) in [4.78, 5) is 0. The zero-order chi connectivity index (χ0) is 9.97. The van der Waals surface area contributed by atoms with Crippen LogP contribution in [0.3, 0.4) is 0 Å². The summed E-state index contributed by atoms with van der Waals surface area (Å²) in [6.45, 7) is 0. The Bertz CT molecular complexity index is 301. The molecule has 0 radical (unpaired) electrons. The minimum Gasteiger partial charge on any atom is -0.390 e. The SMILES string of the molecule is COC1CCCC1Nc1nnc(N)o1. The summed E-state index contributed by atoms with van der Waals surface area (Å²) < 4.78 is 10.3. The van der Waals surface area contributed by atoms with Crippen molar-refractivity contribution in [2.45, 2.75) is 31.4 Å². The number of aromatic nitrogens is 2. The Morgan fingerprint density at radius 2 is 2.36 bits per heavy atom. The van der Waals surface area contributed by atoms with E-state index >= 15 is 0 Å². The Hall–Kier alpha value is -1.30. The molecule has 2 unspecified atom stereocenters. The van der Waals surface area contributed by atoms with E-state index in [0.717, 1.165) is 19.3 Å². The van der Waals surface area contributed by atoms with Crippen LogP contribution in [0.15, 0.2) is 4.42 Å². The fourth-order valence-electron chi connectivity index (χ4n) is 1.82. The number of hydrogen-bond acceptors (Lipinski definition) is 6.